The molecule has 2 aliphatic heterocycles. The van der Waals surface area contributed by atoms with Gasteiger partial charge in [0.2, 0.25) is 0 Å². The van der Waals surface area contributed by atoms with Crippen molar-refractivity contribution in [1.29, 1.82) is 0 Å². The highest BCUT2D eigenvalue weighted by molar-refractivity contribution is 5.75. The monoisotopic (exact) mass is 562 g/mol. The standard InChI is InChI=1S/C18H21N3O.C16H17N3O/c1-13-4-3-5-16(9-13)17(21-18-20-6-7-22-18)10-15-8-14(2)11-19-12-15;1-2-6-14(7-3-1)15(19-16-18-9-10-20-16)11-13-5-4-8-17-12-13/h3-5,8-9,11-12,17H,6-7,10H2,1-2H3,(H,20,21);1-8,12,15H,9-11H2,(H,18,19). The summed E-state index contributed by atoms with van der Waals surface area (Å²) in [6.07, 6.45) is 9.19. The van der Waals surface area contributed by atoms with E-state index in [1.54, 1.807) is 6.20 Å². The van der Waals surface area contributed by atoms with E-state index in [0.717, 1.165) is 25.9 Å². The van der Waals surface area contributed by atoms with Crippen LogP contribution in [0.2, 0.25) is 0 Å². The normalized spacial score (nSPS) is 15.2. The summed E-state index contributed by atoms with van der Waals surface area (Å²) < 4.78 is 11.0. The lowest BCUT2D eigenvalue weighted by Crippen LogP contribution is -2.30. The van der Waals surface area contributed by atoms with Gasteiger partial charge in [0.15, 0.2) is 0 Å². The summed E-state index contributed by atoms with van der Waals surface area (Å²) in [5, 5.41) is 6.81. The minimum Gasteiger partial charge on any atom is -0.463 e. The molecule has 2 aliphatic rings. The van der Waals surface area contributed by atoms with Crippen molar-refractivity contribution >= 4 is 12.0 Å². The van der Waals surface area contributed by atoms with Gasteiger partial charge in [0.05, 0.1) is 25.2 Å². The van der Waals surface area contributed by atoms with Crippen LogP contribution in [-0.2, 0) is 22.3 Å². The molecule has 6 rings (SSSR count). The summed E-state index contributed by atoms with van der Waals surface area (Å²) in [6, 6.07) is 26.7. The van der Waals surface area contributed by atoms with Crippen LogP contribution in [0.3, 0.4) is 0 Å². The summed E-state index contributed by atoms with van der Waals surface area (Å²) in [6.45, 7) is 6.96. The lowest BCUT2D eigenvalue weighted by Gasteiger charge is -2.20. The third kappa shape index (κ3) is 8.64. The van der Waals surface area contributed by atoms with Crippen LogP contribution < -0.4 is 10.6 Å². The largest absolute Gasteiger partial charge is 0.463 e. The fourth-order valence-electron chi connectivity index (χ4n) is 4.94. The van der Waals surface area contributed by atoms with Crippen LogP contribution in [0.5, 0.6) is 0 Å². The Labute approximate surface area is 248 Å². The van der Waals surface area contributed by atoms with Gasteiger partial charge in [-0.25, -0.2) is 9.98 Å². The van der Waals surface area contributed by atoms with Gasteiger partial charge in [-0.1, -0.05) is 72.3 Å². The first-order valence-electron chi connectivity index (χ1n) is 14.4. The molecular formula is C34H38N6O2. The van der Waals surface area contributed by atoms with Gasteiger partial charge in [-0.3, -0.25) is 9.97 Å². The number of amidine groups is 2. The molecule has 0 amide bonds. The Morgan fingerprint density at radius 1 is 0.643 bits per heavy atom. The highest BCUT2D eigenvalue weighted by atomic mass is 16.5. The Kier molecular flexibility index (Phi) is 10.1. The second kappa shape index (κ2) is 14.8. The van der Waals surface area contributed by atoms with Gasteiger partial charge in [-0.05, 0) is 60.6 Å². The number of aryl methyl sites for hydroxylation is 2. The third-order valence-electron chi connectivity index (χ3n) is 6.95. The number of hydrogen-bond acceptors (Lipinski definition) is 8. The Hall–Kier alpha value is -4.72. The topological polar surface area (TPSA) is 93.0 Å². The molecule has 0 radical (unpaired) electrons. The van der Waals surface area contributed by atoms with Crippen molar-refractivity contribution in [2.75, 3.05) is 26.3 Å². The second-order valence-corrected chi connectivity index (χ2v) is 10.4. The molecule has 4 heterocycles. The fraction of sp³-hybridized carbons (Fsp3) is 0.294. The van der Waals surface area contributed by atoms with Crippen LogP contribution in [0.1, 0.15) is 45.5 Å². The lowest BCUT2D eigenvalue weighted by atomic mass is 9.98. The van der Waals surface area contributed by atoms with E-state index in [0.29, 0.717) is 25.3 Å². The number of nitrogens with one attached hydrogen (secondary N) is 2. The number of benzene rings is 2. The molecule has 0 fully saturated rings. The zero-order valence-electron chi connectivity index (χ0n) is 24.2. The molecule has 2 aromatic heterocycles. The van der Waals surface area contributed by atoms with Crippen LogP contribution in [0.25, 0.3) is 0 Å². The van der Waals surface area contributed by atoms with Gasteiger partial charge < -0.3 is 20.1 Å². The van der Waals surface area contributed by atoms with Gasteiger partial charge in [0.1, 0.15) is 13.2 Å². The summed E-state index contributed by atoms with van der Waals surface area (Å²) in [5.41, 5.74) is 7.27. The molecule has 2 atom stereocenters. The molecular weight excluding hydrogens is 524 g/mol. The average molecular weight is 563 g/mol. The second-order valence-electron chi connectivity index (χ2n) is 10.4. The number of nitrogens with zero attached hydrogens (tertiary/aromatic N) is 4. The van der Waals surface area contributed by atoms with Crippen molar-refractivity contribution in [3.63, 3.8) is 0 Å². The van der Waals surface area contributed by atoms with Crippen LogP contribution >= 0.6 is 0 Å². The number of aliphatic imine (C=N–C) groups is 2. The lowest BCUT2D eigenvalue weighted by molar-refractivity contribution is 0.324. The third-order valence-corrected chi connectivity index (χ3v) is 6.95. The molecule has 4 aromatic rings. The van der Waals surface area contributed by atoms with E-state index in [9.17, 15) is 0 Å². The van der Waals surface area contributed by atoms with Gasteiger partial charge in [-0.2, -0.15) is 0 Å². The van der Waals surface area contributed by atoms with Crippen LogP contribution in [0.15, 0.2) is 108 Å². The molecule has 2 unspecified atom stereocenters. The van der Waals surface area contributed by atoms with Crippen LogP contribution in [0.4, 0.5) is 0 Å². The first kappa shape index (κ1) is 28.8. The molecule has 8 nitrogen and oxygen atoms in total. The van der Waals surface area contributed by atoms with E-state index in [-0.39, 0.29) is 12.1 Å². The first-order chi connectivity index (χ1) is 20.6. The smallest absolute Gasteiger partial charge is 0.285 e. The van der Waals surface area contributed by atoms with Crippen molar-refractivity contribution in [2.24, 2.45) is 9.98 Å². The van der Waals surface area contributed by atoms with E-state index in [2.05, 4.69) is 93.0 Å². The van der Waals surface area contributed by atoms with Crippen molar-refractivity contribution in [1.82, 2.24) is 20.6 Å². The van der Waals surface area contributed by atoms with Gasteiger partial charge in [-0.15, -0.1) is 0 Å². The SMILES string of the molecule is Cc1cncc(CC(NC2=NCCO2)c2cccc(C)c2)c1.c1ccc(C(Cc2cccnc2)NC2=NCCO2)cc1. The molecule has 8 heteroatoms. The minimum atomic E-state index is 0.125. The molecule has 42 heavy (non-hydrogen) atoms. The highest BCUT2D eigenvalue weighted by Crippen LogP contribution is 2.21. The maximum Gasteiger partial charge on any atom is 0.285 e. The fourth-order valence-corrected chi connectivity index (χ4v) is 4.94. The zero-order chi connectivity index (χ0) is 29.0. The Balaban J connectivity index is 0.000000169. The summed E-state index contributed by atoms with van der Waals surface area (Å²) in [7, 11) is 0. The van der Waals surface area contributed by atoms with Gasteiger partial charge in [0, 0.05) is 24.8 Å². The molecule has 2 aromatic carbocycles. The summed E-state index contributed by atoms with van der Waals surface area (Å²) in [4.78, 5) is 17.1. The van der Waals surface area contributed by atoms with Crippen LogP contribution in [-0.4, -0.2) is 48.3 Å². The zero-order valence-corrected chi connectivity index (χ0v) is 24.2. The van der Waals surface area contributed by atoms with Crippen LogP contribution in [0, 0.1) is 13.8 Å². The van der Waals surface area contributed by atoms with Crippen molar-refractivity contribution in [3.8, 4) is 0 Å². The molecule has 0 saturated heterocycles. The average Bonchev–Trinajstić information content (AvgIpc) is 3.73. The Morgan fingerprint density at radius 3 is 1.93 bits per heavy atom. The number of aromatic nitrogens is 2. The van der Waals surface area contributed by atoms with Crippen molar-refractivity contribution < 1.29 is 9.47 Å². The van der Waals surface area contributed by atoms with E-state index in [1.165, 1.54) is 33.4 Å². The van der Waals surface area contributed by atoms with E-state index in [1.807, 2.05) is 42.9 Å². The van der Waals surface area contributed by atoms with Gasteiger partial charge >= 0.3 is 0 Å². The molecule has 216 valence electrons. The van der Waals surface area contributed by atoms with Crippen molar-refractivity contribution in [2.45, 2.75) is 38.8 Å². The van der Waals surface area contributed by atoms with E-state index in [4.69, 9.17) is 9.47 Å². The number of rotatable bonds is 8. The molecule has 2 N–H and O–H groups in total. The molecule has 0 aliphatic carbocycles. The maximum absolute atomic E-state index is 5.52. The molecule has 0 saturated carbocycles. The number of hydrogen-bond donors (Lipinski definition) is 2. The van der Waals surface area contributed by atoms with E-state index < -0.39 is 0 Å². The van der Waals surface area contributed by atoms with Crippen molar-refractivity contribution in [3.05, 3.63) is 131 Å². The Bertz CT molecular complexity index is 1480. The number of ether oxygens (including phenoxy) is 2. The predicted octanol–water partition coefficient (Wildman–Crippen LogP) is 5.30. The summed E-state index contributed by atoms with van der Waals surface area (Å²) in [5.74, 6) is 0. The number of pyridine rings is 2. The maximum atomic E-state index is 5.52. The van der Waals surface area contributed by atoms with E-state index >= 15 is 0 Å². The van der Waals surface area contributed by atoms with Gasteiger partial charge in [0.25, 0.3) is 12.0 Å². The minimum absolute atomic E-state index is 0.125. The predicted molar refractivity (Wildman–Crippen MR) is 167 cm³/mol. The highest BCUT2D eigenvalue weighted by Gasteiger charge is 2.18. The first-order valence-corrected chi connectivity index (χ1v) is 14.4. The summed E-state index contributed by atoms with van der Waals surface area (Å²) >= 11 is 0. The Morgan fingerprint density at radius 2 is 1.31 bits per heavy atom. The quantitative estimate of drug-likeness (QED) is 0.303. The molecule has 0 bridgehead atoms. The molecule has 0 spiro atoms.